The van der Waals surface area contributed by atoms with Gasteiger partial charge in [-0.25, -0.2) is 9.97 Å². The second-order valence-electron chi connectivity index (χ2n) is 3.01. The molecule has 5 nitrogen and oxygen atoms in total. The summed E-state index contributed by atoms with van der Waals surface area (Å²) >= 11 is 1.59. The Kier molecular flexibility index (Phi) is 2.77. The number of thiazole rings is 1. The third kappa shape index (κ3) is 2.41. The Morgan fingerprint density at radius 2 is 2.40 bits per heavy atom. The van der Waals surface area contributed by atoms with E-state index in [-0.39, 0.29) is 5.56 Å². The Morgan fingerprint density at radius 3 is 3.07 bits per heavy atom. The van der Waals surface area contributed by atoms with Crippen LogP contribution >= 0.6 is 11.3 Å². The van der Waals surface area contributed by atoms with Gasteiger partial charge in [0.15, 0.2) is 0 Å². The van der Waals surface area contributed by atoms with Gasteiger partial charge in [-0.15, -0.1) is 11.3 Å². The molecule has 0 atom stereocenters. The lowest BCUT2D eigenvalue weighted by Crippen LogP contribution is -2.08. The fourth-order valence-electron chi connectivity index (χ4n) is 1.13. The van der Waals surface area contributed by atoms with Crippen molar-refractivity contribution in [3.8, 4) is 0 Å². The molecular formula is C9H10N4OS. The summed E-state index contributed by atoms with van der Waals surface area (Å²) in [6.45, 7) is 2.60. The van der Waals surface area contributed by atoms with Crippen LogP contribution < -0.4 is 10.9 Å². The van der Waals surface area contributed by atoms with Gasteiger partial charge < -0.3 is 10.3 Å². The predicted molar refractivity (Wildman–Crippen MR) is 59.0 cm³/mol. The van der Waals surface area contributed by atoms with Gasteiger partial charge in [0.1, 0.15) is 5.82 Å². The van der Waals surface area contributed by atoms with Crippen LogP contribution in [0, 0.1) is 6.92 Å². The molecule has 0 aliphatic rings. The van der Waals surface area contributed by atoms with Crippen molar-refractivity contribution in [3.63, 3.8) is 0 Å². The lowest BCUT2D eigenvalue weighted by atomic mass is 10.4. The summed E-state index contributed by atoms with van der Waals surface area (Å²) in [5, 5.41) is 3.07. The summed E-state index contributed by atoms with van der Waals surface area (Å²) in [4.78, 5) is 22.7. The van der Waals surface area contributed by atoms with E-state index in [0.717, 1.165) is 10.6 Å². The maximum atomic E-state index is 11.0. The van der Waals surface area contributed by atoms with E-state index in [4.69, 9.17) is 0 Å². The zero-order chi connectivity index (χ0) is 10.7. The van der Waals surface area contributed by atoms with Crippen LogP contribution in [0.2, 0.25) is 0 Å². The molecule has 2 rings (SSSR count). The van der Waals surface area contributed by atoms with Crippen LogP contribution in [0.4, 0.5) is 5.82 Å². The van der Waals surface area contributed by atoms with Crippen molar-refractivity contribution in [1.29, 1.82) is 0 Å². The summed E-state index contributed by atoms with van der Waals surface area (Å²) < 4.78 is 0. The van der Waals surface area contributed by atoms with E-state index in [0.29, 0.717) is 12.4 Å². The van der Waals surface area contributed by atoms with Gasteiger partial charge in [0.25, 0.3) is 5.56 Å². The van der Waals surface area contributed by atoms with E-state index in [2.05, 4.69) is 20.3 Å². The molecule has 0 saturated heterocycles. The van der Waals surface area contributed by atoms with Gasteiger partial charge in [0.05, 0.1) is 24.1 Å². The minimum absolute atomic E-state index is 0.159. The summed E-state index contributed by atoms with van der Waals surface area (Å²) in [6.07, 6.45) is 1.38. The van der Waals surface area contributed by atoms with Crippen molar-refractivity contribution in [3.05, 3.63) is 38.8 Å². The molecule has 2 aromatic heterocycles. The van der Waals surface area contributed by atoms with Gasteiger partial charge in [0.2, 0.25) is 0 Å². The molecule has 15 heavy (non-hydrogen) atoms. The Hall–Kier alpha value is -1.69. The molecule has 0 spiro atoms. The number of nitrogens with zero attached hydrogens (tertiary/aromatic N) is 2. The number of aryl methyl sites for hydroxylation is 1. The van der Waals surface area contributed by atoms with Gasteiger partial charge in [-0.2, -0.15) is 0 Å². The van der Waals surface area contributed by atoms with Gasteiger partial charge in [-0.05, 0) is 6.92 Å². The Balaban J connectivity index is 2.05. The molecule has 0 amide bonds. The average Bonchev–Trinajstić information content (AvgIpc) is 2.61. The van der Waals surface area contributed by atoms with Crippen molar-refractivity contribution in [2.45, 2.75) is 13.5 Å². The molecular weight excluding hydrogens is 212 g/mol. The molecule has 0 aliphatic heterocycles. The first-order valence-electron chi connectivity index (χ1n) is 4.43. The number of anilines is 1. The van der Waals surface area contributed by atoms with Crippen LogP contribution in [-0.4, -0.2) is 15.0 Å². The van der Waals surface area contributed by atoms with Crippen LogP contribution in [0.3, 0.4) is 0 Å². The molecule has 2 heterocycles. The Labute approximate surface area is 90.2 Å². The van der Waals surface area contributed by atoms with Crippen LogP contribution in [0.15, 0.2) is 22.7 Å². The number of hydrogen-bond donors (Lipinski definition) is 2. The molecule has 0 aliphatic carbocycles. The Bertz CT molecular complexity index is 505. The molecule has 6 heteroatoms. The third-order valence-corrected chi connectivity index (χ3v) is 2.89. The number of aromatic nitrogens is 3. The highest BCUT2D eigenvalue weighted by atomic mass is 32.1. The summed E-state index contributed by atoms with van der Waals surface area (Å²) in [5.74, 6) is 0.576. The number of nitrogens with one attached hydrogen (secondary N) is 2. The number of rotatable bonds is 3. The van der Waals surface area contributed by atoms with Crippen molar-refractivity contribution >= 4 is 17.2 Å². The molecule has 0 saturated carbocycles. The molecule has 0 bridgehead atoms. The van der Waals surface area contributed by atoms with Crippen molar-refractivity contribution in [2.75, 3.05) is 5.32 Å². The minimum Gasteiger partial charge on any atom is -0.365 e. The molecule has 0 fully saturated rings. The largest absolute Gasteiger partial charge is 0.365 e. The van der Waals surface area contributed by atoms with E-state index in [1.165, 1.54) is 12.4 Å². The van der Waals surface area contributed by atoms with Crippen molar-refractivity contribution in [2.24, 2.45) is 0 Å². The first-order chi connectivity index (χ1) is 7.25. The normalized spacial score (nSPS) is 10.2. The van der Waals surface area contributed by atoms with Gasteiger partial charge in [-0.3, -0.25) is 4.79 Å². The lowest BCUT2D eigenvalue weighted by Gasteiger charge is -2.02. The lowest BCUT2D eigenvalue weighted by molar-refractivity contribution is 1.06. The second kappa shape index (κ2) is 4.22. The molecule has 78 valence electrons. The highest BCUT2D eigenvalue weighted by Gasteiger charge is 2.01. The smallest absolute Gasteiger partial charge is 0.252 e. The van der Waals surface area contributed by atoms with E-state index in [1.807, 2.05) is 6.92 Å². The van der Waals surface area contributed by atoms with Crippen molar-refractivity contribution in [1.82, 2.24) is 15.0 Å². The van der Waals surface area contributed by atoms with E-state index < -0.39 is 0 Å². The predicted octanol–water partition coefficient (Wildman–Crippen LogP) is 1.15. The van der Waals surface area contributed by atoms with Crippen LogP contribution in [0.5, 0.6) is 0 Å². The molecule has 2 N–H and O–H groups in total. The van der Waals surface area contributed by atoms with E-state index in [1.54, 1.807) is 16.8 Å². The van der Waals surface area contributed by atoms with Crippen LogP contribution in [-0.2, 0) is 6.54 Å². The highest BCUT2D eigenvalue weighted by molar-refractivity contribution is 7.09. The summed E-state index contributed by atoms with van der Waals surface area (Å²) in [6, 6.07) is 1.43. The quantitative estimate of drug-likeness (QED) is 0.817. The monoisotopic (exact) mass is 222 g/mol. The first-order valence-corrected chi connectivity index (χ1v) is 5.31. The maximum absolute atomic E-state index is 11.0. The van der Waals surface area contributed by atoms with Gasteiger partial charge in [-0.1, -0.05) is 0 Å². The second-order valence-corrected chi connectivity index (χ2v) is 3.95. The number of aromatic amines is 1. The zero-order valence-corrected chi connectivity index (χ0v) is 8.97. The van der Waals surface area contributed by atoms with Gasteiger partial charge >= 0.3 is 0 Å². The molecule has 0 radical (unpaired) electrons. The minimum atomic E-state index is -0.159. The average molecular weight is 222 g/mol. The van der Waals surface area contributed by atoms with Crippen LogP contribution in [0.1, 0.15) is 10.6 Å². The zero-order valence-electron chi connectivity index (χ0n) is 8.15. The maximum Gasteiger partial charge on any atom is 0.252 e. The standard InChI is InChI=1S/C9H10N4OS/c1-6-7(15-5-13-6)3-10-8-2-9(14)12-4-11-8/h2,4-5H,3H2,1H3,(H2,10,11,12,14). The number of hydrogen-bond acceptors (Lipinski definition) is 5. The Morgan fingerprint density at radius 1 is 1.53 bits per heavy atom. The fourth-order valence-corrected chi connectivity index (χ4v) is 1.85. The molecule has 0 aromatic carbocycles. The molecule has 2 aromatic rings. The first kappa shape index (κ1) is 9.85. The molecule has 0 unspecified atom stereocenters. The number of H-pyrrole nitrogens is 1. The fraction of sp³-hybridized carbons (Fsp3) is 0.222. The van der Waals surface area contributed by atoms with E-state index >= 15 is 0 Å². The highest BCUT2D eigenvalue weighted by Crippen LogP contribution is 2.13. The van der Waals surface area contributed by atoms with Crippen molar-refractivity contribution < 1.29 is 0 Å². The summed E-state index contributed by atoms with van der Waals surface area (Å²) in [7, 11) is 0. The van der Waals surface area contributed by atoms with E-state index in [9.17, 15) is 4.79 Å². The topological polar surface area (TPSA) is 70.7 Å². The van der Waals surface area contributed by atoms with Gasteiger partial charge in [0, 0.05) is 10.9 Å². The third-order valence-electron chi connectivity index (χ3n) is 1.95. The van der Waals surface area contributed by atoms with Crippen LogP contribution in [0.25, 0.3) is 0 Å². The summed E-state index contributed by atoms with van der Waals surface area (Å²) in [5.41, 5.74) is 2.66. The SMILES string of the molecule is Cc1ncsc1CNc1cc(=O)[nH]cn1.